The zero-order chi connectivity index (χ0) is 25.6. The zero-order valence-electron chi connectivity index (χ0n) is 21.5. The van der Waals surface area contributed by atoms with Gasteiger partial charge in [-0.25, -0.2) is 4.79 Å². The number of ether oxygens (including phenoxy) is 2. The summed E-state index contributed by atoms with van der Waals surface area (Å²) in [5.74, 6) is -0.763. The van der Waals surface area contributed by atoms with Crippen molar-refractivity contribution in [2.24, 2.45) is 0 Å². The molecule has 0 fully saturated rings. The van der Waals surface area contributed by atoms with E-state index >= 15 is 0 Å². The third-order valence-electron chi connectivity index (χ3n) is 5.08. The topological polar surface area (TPSA) is 65.5 Å². The van der Waals surface area contributed by atoms with Gasteiger partial charge in [0.1, 0.15) is 12.2 Å². The van der Waals surface area contributed by atoms with Crippen LogP contribution in [0.3, 0.4) is 0 Å². The highest BCUT2D eigenvalue weighted by Gasteiger charge is 2.21. The first-order valence-electron chi connectivity index (χ1n) is 12.6. The molecule has 35 heavy (non-hydrogen) atoms. The van der Waals surface area contributed by atoms with Gasteiger partial charge in [0, 0.05) is 18.8 Å². The Morgan fingerprint density at radius 3 is 1.91 bits per heavy atom. The molecule has 0 saturated heterocycles. The van der Waals surface area contributed by atoms with Gasteiger partial charge in [-0.2, -0.15) is 0 Å². The van der Waals surface area contributed by atoms with Crippen LogP contribution >= 0.6 is 0 Å². The van der Waals surface area contributed by atoms with E-state index in [4.69, 9.17) is 9.47 Å². The number of aromatic nitrogens is 1. The molecule has 1 aromatic heterocycles. The first-order valence-corrected chi connectivity index (χ1v) is 12.6. The molecule has 0 radical (unpaired) electrons. The molecule has 5 heteroatoms. The van der Waals surface area contributed by atoms with E-state index in [-0.39, 0.29) is 5.97 Å². The Morgan fingerprint density at radius 2 is 1.37 bits per heavy atom. The van der Waals surface area contributed by atoms with E-state index in [1.54, 1.807) is 32.2 Å². The van der Waals surface area contributed by atoms with Crippen molar-refractivity contribution in [1.82, 2.24) is 4.98 Å². The molecule has 0 aliphatic heterocycles. The summed E-state index contributed by atoms with van der Waals surface area (Å²) in [5, 5.41) is 0. The number of unbranched alkanes of at least 4 members (excludes halogenated alkanes) is 1. The standard InChI is InChI=1S/C30H41NO4/c1-4-5-6-7-8-9-10-11-12-13-14-15-16-17-18-19-20-23-29(32)34-26(2)27(3)35-30(33)28-22-21-24-31-25-28/h5-6,8-9,11-12,14-15,17-18,21-22,24-27H,4,7,10,13,16,19-20,23H2,1-3H3. The molecule has 5 nitrogen and oxygen atoms in total. The fraction of sp³-hybridized carbons (Fsp3) is 0.433. The number of hydrogen-bond acceptors (Lipinski definition) is 5. The second kappa shape index (κ2) is 20.2. The van der Waals surface area contributed by atoms with Crippen molar-refractivity contribution in [1.29, 1.82) is 0 Å². The normalized spacial score (nSPS) is 13.9. The molecule has 0 saturated carbocycles. The Morgan fingerprint density at radius 1 is 0.829 bits per heavy atom. The fourth-order valence-corrected chi connectivity index (χ4v) is 2.91. The highest BCUT2D eigenvalue weighted by molar-refractivity contribution is 5.89. The number of carbonyl (C=O) groups excluding carboxylic acids is 2. The lowest BCUT2D eigenvalue weighted by Crippen LogP contribution is -2.30. The van der Waals surface area contributed by atoms with Crippen molar-refractivity contribution in [3.63, 3.8) is 0 Å². The molecule has 190 valence electrons. The summed E-state index contributed by atoms with van der Waals surface area (Å²) in [7, 11) is 0. The quantitative estimate of drug-likeness (QED) is 0.132. The Bertz CT molecular complexity index is 852. The van der Waals surface area contributed by atoms with Gasteiger partial charge in [-0.3, -0.25) is 9.78 Å². The van der Waals surface area contributed by atoms with Crippen LogP contribution in [0.4, 0.5) is 0 Å². The predicted octanol–water partition coefficient (Wildman–Crippen LogP) is 7.48. The number of carbonyl (C=O) groups is 2. The Hall–Kier alpha value is -3.21. The summed E-state index contributed by atoms with van der Waals surface area (Å²) < 4.78 is 10.8. The number of hydrogen-bond donors (Lipinski definition) is 0. The SMILES string of the molecule is CCC=CCC=CCC=CCC=CCC=CCCCC(=O)OC(C)C(C)OC(=O)c1cccnc1. The van der Waals surface area contributed by atoms with Crippen molar-refractivity contribution >= 4 is 11.9 Å². The molecule has 2 atom stereocenters. The first-order chi connectivity index (χ1) is 17.0. The summed E-state index contributed by atoms with van der Waals surface area (Å²) in [5.41, 5.74) is 0.370. The third-order valence-corrected chi connectivity index (χ3v) is 5.08. The minimum absolute atomic E-state index is 0.283. The van der Waals surface area contributed by atoms with Crippen LogP contribution in [-0.4, -0.2) is 29.1 Å². The highest BCUT2D eigenvalue weighted by Crippen LogP contribution is 2.10. The van der Waals surface area contributed by atoms with Crippen LogP contribution in [0.2, 0.25) is 0 Å². The molecule has 0 aliphatic carbocycles. The molecule has 0 aromatic carbocycles. The lowest BCUT2D eigenvalue weighted by Gasteiger charge is -2.20. The summed E-state index contributed by atoms with van der Waals surface area (Å²) in [6, 6.07) is 3.30. The minimum Gasteiger partial charge on any atom is -0.459 e. The van der Waals surface area contributed by atoms with Gasteiger partial charge >= 0.3 is 11.9 Å². The molecule has 1 rings (SSSR count). The van der Waals surface area contributed by atoms with Crippen molar-refractivity contribution in [2.75, 3.05) is 0 Å². The zero-order valence-corrected chi connectivity index (χ0v) is 21.5. The molecule has 0 N–H and O–H groups in total. The minimum atomic E-state index is -0.544. The lowest BCUT2D eigenvalue weighted by molar-refractivity contribution is -0.153. The number of rotatable bonds is 17. The van der Waals surface area contributed by atoms with Gasteiger partial charge in [0.2, 0.25) is 0 Å². The first kappa shape index (κ1) is 29.8. The maximum atomic E-state index is 12.1. The molecule has 0 bridgehead atoms. The van der Waals surface area contributed by atoms with E-state index in [0.717, 1.165) is 44.9 Å². The second-order valence-electron chi connectivity index (χ2n) is 8.15. The molecule has 0 aliphatic rings. The van der Waals surface area contributed by atoms with E-state index in [1.165, 1.54) is 6.20 Å². The average Bonchev–Trinajstić information content (AvgIpc) is 2.86. The summed E-state index contributed by atoms with van der Waals surface area (Å²) in [6.07, 6.45) is 30.4. The largest absolute Gasteiger partial charge is 0.459 e. The second-order valence-corrected chi connectivity index (χ2v) is 8.15. The van der Waals surface area contributed by atoms with Gasteiger partial charge in [0.05, 0.1) is 5.56 Å². The van der Waals surface area contributed by atoms with Gasteiger partial charge in [-0.15, -0.1) is 0 Å². The summed E-state index contributed by atoms with van der Waals surface area (Å²) in [4.78, 5) is 28.0. The summed E-state index contributed by atoms with van der Waals surface area (Å²) in [6.45, 7) is 5.58. The van der Waals surface area contributed by atoms with Crippen LogP contribution in [0.15, 0.2) is 85.3 Å². The van der Waals surface area contributed by atoms with E-state index in [9.17, 15) is 9.59 Å². The Kier molecular flexibility index (Phi) is 17.2. The molecular formula is C30H41NO4. The van der Waals surface area contributed by atoms with Crippen molar-refractivity contribution in [3.05, 3.63) is 90.9 Å². The molecule has 1 aromatic rings. The predicted molar refractivity (Wildman–Crippen MR) is 143 cm³/mol. The van der Waals surface area contributed by atoms with Crippen molar-refractivity contribution in [2.45, 2.75) is 84.3 Å². The van der Waals surface area contributed by atoms with Gasteiger partial charge < -0.3 is 9.47 Å². The Labute approximate surface area is 211 Å². The van der Waals surface area contributed by atoms with Crippen LogP contribution in [0.25, 0.3) is 0 Å². The average molecular weight is 480 g/mol. The van der Waals surface area contributed by atoms with E-state index in [1.807, 2.05) is 0 Å². The molecule has 0 amide bonds. The van der Waals surface area contributed by atoms with Crippen molar-refractivity contribution < 1.29 is 19.1 Å². The number of esters is 2. The summed E-state index contributed by atoms with van der Waals surface area (Å²) >= 11 is 0. The smallest absolute Gasteiger partial charge is 0.340 e. The van der Waals surface area contributed by atoms with Crippen molar-refractivity contribution in [3.8, 4) is 0 Å². The van der Waals surface area contributed by atoms with E-state index in [0.29, 0.717) is 12.0 Å². The molecular weight excluding hydrogens is 438 g/mol. The maximum Gasteiger partial charge on any atom is 0.340 e. The molecule has 0 spiro atoms. The van der Waals surface area contributed by atoms with Crippen LogP contribution in [0.5, 0.6) is 0 Å². The van der Waals surface area contributed by atoms with Gasteiger partial charge in [-0.05, 0) is 70.9 Å². The van der Waals surface area contributed by atoms with Crippen LogP contribution < -0.4 is 0 Å². The van der Waals surface area contributed by atoms with Gasteiger partial charge in [0.15, 0.2) is 0 Å². The monoisotopic (exact) mass is 479 g/mol. The third kappa shape index (κ3) is 16.1. The van der Waals surface area contributed by atoms with Gasteiger partial charge in [-0.1, -0.05) is 67.7 Å². The number of pyridine rings is 1. The molecule has 1 heterocycles. The van der Waals surface area contributed by atoms with Gasteiger partial charge in [0.25, 0.3) is 0 Å². The lowest BCUT2D eigenvalue weighted by atomic mass is 10.2. The van der Waals surface area contributed by atoms with Crippen LogP contribution in [0, 0.1) is 0 Å². The number of nitrogens with zero attached hydrogens (tertiary/aromatic N) is 1. The molecule has 2 unspecified atom stereocenters. The maximum absolute atomic E-state index is 12.1. The van der Waals surface area contributed by atoms with E-state index < -0.39 is 18.2 Å². The Balaban J connectivity index is 2.08. The fourth-order valence-electron chi connectivity index (χ4n) is 2.91. The van der Waals surface area contributed by atoms with E-state index in [2.05, 4.69) is 72.7 Å². The number of allylic oxidation sites excluding steroid dienone is 10. The van der Waals surface area contributed by atoms with Crippen LogP contribution in [0.1, 0.15) is 82.5 Å². The highest BCUT2D eigenvalue weighted by atomic mass is 16.6. The van der Waals surface area contributed by atoms with Crippen LogP contribution in [-0.2, 0) is 14.3 Å².